The van der Waals surface area contributed by atoms with Gasteiger partial charge in [-0.1, -0.05) is 18.3 Å². The topological polar surface area (TPSA) is 44.5 Å². The number of hydrogen-bond donors (Lipinski definition) is 2. The van der Waals surface area contributed by atoms with Gasteiger partial charge in [0.15, 0.2) is 0 Å². The minimum absolute atomic E-state index is 0.455. The van der Waals surface area contributed by atoms with Crippen LogP contribution < -0.4 is 11.1 Å². The maximum Gasteiger partial charge on any atom is 0.107 e. The van der Waals surface area contributed by atoms with Gasteiger partial charge in [-0.3, -0.25) is 4.90 Å². The fraction of sp³-hybridized carbons (Fsp3) is 0.533. The molecule has 21 heavy (non-hydrogen) atoms. The van der Waals surface area contributed by atoms with E-state index >= 15 is 0 Å². The Hall–Kier alpha value is -0.820. The summed E-state index contributed by atoms with van der Waals surface area (Å²) >= 11 is 6.90. The normalized spacial score (nSPS) is 20.4. The Kier molecular flexibility index (Phi) is 5.87. The first kappa shape index (κ1) is 16.5. The van der Waals surface area contributed by atoms with E-state index in [-0.39, 0.29) is 0 Å². The van der Waals surface area contributed by atoms with Crippen molar-refractivity contribution >= 4 is 34.7 Å². The quantitative estimate of drug-likeness (QED) is 0.635. The molecule has 0 amide bonds. The summed E-state index contributed by atoms with van der Waals surface area (Å²) in [6.07, 6.45) is 2.05. The maximum atomic E-state index is 5.91. The summed E-state index contributed by atoms with van der Waals surface area (Å²) in [5, 5.41) is 3.54. The van der Waals surface area contributed by atoms with Gasteiger partial charge in [-0.25, -0.2) is 0 Å². The Morgan fingerprint density at radius 3 is 2.86 bits per heavy atom. The van der Waals surface area contributed by atoms with Crippen LogP contribution in [-0.2, 0) is 0 Å². The minimum Gasteiger partial charge on any atom is -0.389 e. The molecule has 1 aliphatic heterocycles. The lowest BCUT2D eigenvalue weighted by Gasteiger charge is -2.38. The van der Waals surface area contributed by atoms with Crippen molar-refractivity contribution in [3.05, 3.63) is 23.8 Å². The van der Waals surface area contributed by atoms with Gasteiger partial charge in [-0.15, -0.1) is 11.8 Å². The third-order valence-corrected chi connectivity index (χ3v) is 4.99. The summed E-state index contributed by atoms with van der Waals surface area (Å²) < 4.78 is 0. The van der Waals surface area contributed by atoms with Crippen molar-refractivity contribution in [3.63, 3.8) is 0 Å². The number of likely N-dealkylation sites (N-methyl/N-ethyl adjacent to an activating group) is 2. The van der Waals surface area contributed by atoms with Crippen LogP contribution in [0.5, 0.6) is 0 Å². The molecule has 1 atom stereocenters. The molecule has 6 heteroatoms. The van der Waals surface area contributed by atoms with E-state index in [0.717, 1.165) is 42.3 Å². The van der Waals surface area contributed by atoms with Crippen LogP contribution in [-0.4, -0.2) is 67.4 Å². The number of benzene rings is 1. The Morgan fingerprint density at radius 1 is 1.43 bits per heavy atom. The van der Waals surface area contributed by atoms with E-state index in [9.17, 15) is 0 Å². The number of hydrogen-bond acceptors (Lipinski definition) is 5. The van der Waals surface area contributed by atoms with Crippen LogP contribution in [0, 0.1) is 0 Å². The second-order valence-corrected chi connectivity index (χ2v) is 6.81. The highest BCUT2D eigenvalue weighted by atomic mass is 32.2. The zero-order valence-electron chi connectivity index (χ0n) is 12.9. The number of nitrogens with two attached hydrogens (primary N) is 1. The molecule has 0 radical (unpaired) electrons. The van der Waals surface area contributed by atoms with Crippen molar-refractivity contribution < 1.29 is 0 Å². The fourth-order valence-electron chi connectivity index (χ4n) is 2.65. The average molecular weight is 325 g/mol. The molecule has 0 bridgehead atoms. The molecule has 0 aromatic heterocycles. The van der Waals surface area contributed by atoms with Crippen molar-refractivity contribution in [2.24, 2.45) is 5.73 Å². The highest BCUT2D eigenvalue weighted by molar-refractivity contribution is 7.98. The molecular formula is C15H24N4S2. The molecule has 1 unspecified atom stereocenters. The number of thioether (sulfide) groups is 1. The molecule has 116 valence electrons. The molecule has 0 saturated carbocycles. The Bertz CT molecular complexity index is 506. The summed E-state index contributed by atoms with van der Waals surface area (Å²) in [5.74, 6) is 0. The van der Waals surface area contributed by atoms with Crippen LogP contribution in [0.3, 0.4) is 0 Å². The summed E-state index contributed by atoms with van der Waals surface area (Å²) in [6, 6.07) is 6.67. The molecule has 2 rings (SSSR count). The van der Waals surface area contributed by atoms with Crippen molar-refractivity contribution in [1.82, 2.24) is 9.80 Å². The Morgan fingerprint density at radius 2 is 2.19 bits per heavy atom. The predicted octanol–water partition coefficient (Wildman–Crippen LogP) is 1.70. The van der Waals surface area contributed by atoms with E-state index < -0.39 is 0 Å². The number of piperazine rings is 1. The van der Waals surface area contributed by atoms with Gasteiger partial charge in [-0.2, -0.15) is 0 Å². The second kappa shape index (κ2) is 7.45. The molecule has 3 N–H and O–H groups in total. The van der Waals surface area contributed by atoms with E-state index in [2.05, 4.69) is 41.3 Å². The van der Waals surface area contributed by atoms with Crippen LogP contribution in [0.2, 0.25) is 0 Å². The first-order valence-electron chi connectivity index (χ1n) is 7.12. The van der Waals surface area contributed by atoms with Crippen LogP contribution in [0.15, 0.2) is 23.1 Å². The molecule has 4 nitrogen and oxygen atoms in total. The lowest BCUT2D eigenvalue weighted by Crippen LogP contribution is -2.52. The van der Waals surface area contributed by atoms with Gasteiger partial charge < -0.3 is 16.0 Å². The van der Waals surface area contributed by atoms with E-state index in [1.54, 1.807) is 11.8 Å². The van der Waals surface area contributed by atoms with Gasteiger partial charge in [0.1, 0.15) is 4.99 Å². The lowest BCUT2D eigenvalue weighted by molar-refractivity contribution is 0.122. The first-order chi connectivity index (χ1) is 10.0. The third-order valence-electron chi connectivity index (χ3n) is 4.00. The van der Waals surface area contributed by atoms with Gasteiger partial charge >= 0.3 is 0 Å². The largest absolute Gasteiger partial charge is 0.389 e. The summed E-state index contributed by atoms with van der Waals surface area (Å²) in [6.45, 7) is 4.21. The average Bonchev–Trinajstić information content (AvgIpc) is 2.47. The monoisotopic (exact) mass is 324 g/mol. The highest BCUT2D eigenvalue weighted by Crippen LogP contribution is 2.27. The molecule has 0 spiro atoms. The summed E-state index contributed by atoms with van der Waals surface area (Å²) in [7, 11) is 4.36. The zero-order chi connectivity index (χ0) is 15.4. The SMILES string of the molecule is CSc1cccc(NCC2CN(C)CCN2C)c1C(N)=S. The Labute approximate surface area is 137 Å². The second-order valence-electron chi connectivity index (χ2n) is 5.52. The number of rotatable bonds is 5. The molecule has 1 saturated heterocycles. The van der Waals surface area contributed by atoms with Gasteiger partial charge in [0.2, 0.25) is 0 Å². The smallest absolute Gasteiger partial charge is 0.107 e. The minimum atomic E-state index is 0.455. The van der Waals surface area contributed by atoms with Gasteiger partial charge in [0.05, 0.1) is 0 Å². The molecule has 1 fully saturated rings. The van der Waals surface area contributed by atoms with Gasteiger partial charge in [0.25, 0.3) is 0 Å². The molecule has 0 aliphatic carbocycles. The molecular weight excluding hydrogens is 300 g/mol. The maximum absolute atomic E-state index is 5.91. The Balaban J connectivity index is 2.11. The molecule has 1 aromatic rings. The van der Waals surface area contributed by atoms with Gasteiger partial charge in [0, 0.05) is 48.4 Å². The van der Waals surface area contributed by atoms with Crippen LogP contribution >= 0.6 is 24.0 Å². The van der Waals surface area contributed by atoms with E-state index in [0.29, 0.717) is 11.0 Å². The zero-order valence-corrected chi connectivity index (χ0v) is 14.6. The van der Waals surface area contributed by atoms with Crippen LogP contribution in [0.1, 0.15) is 5.56 Å². The fourth-order valence-corrected chi connectivity index (χ4v) is 3.58. The summed E-state index contributed by atoms with van der Waals surface area (Å²) in [4.78, 5) is 6.36. The van der Waals surface area contributed by atoms with Crippen LogP contribution in [0.4, 0.5) is 5.69 Å². The summed E-state index contributed by atoms with van der Waals surface area (Å²) in [5.41, 5.74) is 7.91. The molecule has 1 heterocycles. The van der Waals surface area contributed by atoms with Crippen molar-refractivity contribution in [1.29, 1.82) is 0 Å². The number of nitrogens with one attached hydrogen (secondary N) is 1. The van der Waals surface area contributed by atoms with Crippen molar-refractivity contribution in [2.75, 3.05) is 51.8 Å². The third kappa shape index (κ3) is 4.10. The standard InChI is InChI=1S/C15H24N4S2/c1-18-7-8-19(2)11(10-18)9-17-12-5-4-6-13(21-3)14(12)15(16)20/h4-6,11,17H,7-10H2,1-3H3,(H2,16,20). The lowest BCUT2D eigenvalue weighted by atomic mass is 10.1. The van der Waals surface area contributed by atoms with E-state index in [1.807, 2.05) is 12.3 Å². The molecule has 1 aliphatic rings. The van der Waals surface area contributed by atoms with Crippen molar-refractivity contribution in [3.8, 4) is 0 Å². The first-order valence-corrected chi connectivity index (χ1v) is 8.75. The van der Waals surface area contributed by atoms with E-state index in [4.69, 9.17) is 18.0 Å². The van der Waals surface area contributed by atoms with E-state index in [1.165, 1.54) is 0 Å². The van der Waals surface area contributed by atoms with Gasteiger partial charge in [-0.05, 0) is 32.5 Å². The molecule has 1 aromatic carbocycles. The number of thiocarbonyl (C=S) groups is 1. The highest BCUT2D eigenvalue weighted by Gasteiger charge is 2.22. The van der Waals surface area contributed by atoms with Crippen molar-refractivity contribution in [2.45, 2.75) is 10.9 Å². The number of nitrogens with zero attached hydrogens (tertiary/aromatic N) is 2. The van der Waals surface area contributed by atoms with Crippen LogP contribution in [0.25, 0.3) is 0 Å². The predicted molar refractivity (Wildman–Crippen MR) is 96.5 cm³/mol. The number of anilines is 1.